The number of nitrogens with zero attached hydrogens (tertiary/aromatic N) is 1. The molecule has 2 aliphatic rings. The molecular weight excluding hydrogens is 266 g/mol. The summed E-state index contributed by atoms with van der Waals surface area (Å²) in [6, 6.07) is 5.08. The van der Waals surface area contributed by atoms with Crippen LogP contribution in [0.5, 0.6) is 0 Å². The molecule has 1 N–H and O–H groups in total. The van der Waals surface area contributed by atoms with Crippen molar-refractivity contribution in [2.75, 3.05) is 11.4 Å². The number of rotatable bonds is 2. The number of anilines is 1. The summed E-state index contributed by atoms with van der Waals surface area (Å²) in [7, 11) is 0. The van der Waals surface area contributed by atoms with Gasteiger partial charge in [-0.15, -0.1) is 0 Å². The number of amides is 1. The highest BCUT2D eigenvalue weighted by Gasteiger charge is 2.32. The molecule has 112 valence electrons. The van der Waals surface area contributed by atoms with Gasteiger partial charge >= 0.3 is 5.97 Å². The van der Waals surface area contributed by atoms with Crippen LogP contribution < -0.4 is 4.90 Å². The molecule has 1 aromatic carbocycles. The Labute approximate surface area is 124 Å². The molecule has 1 fully saturated rings. The zero-order valence-electron chi connectivity index (χ0n) is 12.3. The Morgan fingerprint density at radius 3 is 2.57 bits per heavy atom. The van der Waals surface area contributed by atoms with E-state index in [0.29, 0.717) is 12.1 Å². The third-order valence-corrected chi connectivity index (χ3v) is 4.85. The lowest BCUT2D eigenvalue weighted by Crippen LogP contribution is -2.36. The second kappa shape index (κ2) is 5.51. The van der Waals surface area contributed by atoms with Crippen molar-refractivity contribution in [2.24, 2.45) is 11.8 Å². The van der Waals surface area contributed by atoms with E-state index in [1.54, 1.807) is 18.2 Å². The molecule has 0 bridgehead atoms. The molecule has 1 amide bonds. The van der Waals surface area contributed by atoms with E-state index in [1.165, 1.54) is 0 Å². The first-order chi connectivity index (χ1) is 10.1. The van der Waals surface area contributed by atoms with Crippen molar-refractivity contribution in [3.63, 3.8) is 0 Å². The molecule has 0 saturated heterocycles. The quantitative estimate of drug-likeness (QED) is 0.909. The van der Waals surface area contributed by atoms with Crippen molar-refractivity contribution < 1.29 is 14.7 Å². The fraction of sp³-hybridized carbons (Fsp3) is 0.529. The summed E-state index contributed by atoms with van der Waals surface area (Å²) in [5, 5.41) is 9.04. The van der Waals surface area contributed by atoms with Gasteiger partial charge in [0.1, 0.15) is 0 Å². The van der Waals surface area contributed by atoms with E-state index >= 15 is 0 Å². The van der Waals surface area contributed by atoms with Gasteiger partial charge in [-0.3, -0.25) is 4.79 Å². The van der Waals surface area contributed by atoms with Crippen LogP contribution in [0.2, 0.25) is 0 Å². The smallest absolute Gasteiger partial charge is 0.335 e. The fourth-order valence-corrected chi connectivity index (χ4v) is 3.49. The highest BCUT2D eigenvalue weighted by molar-refractivity contribution is 5.98. The summed E-state index contributed by atoms with van der Waals surface area (Å²) in [4.78, 5) is 25.6. The minimum absolute atomic E-state index is 0.145. The van der Waals surface area contributed by atoms with Gasteiger partial charge < -0.3 is 10.0 Å². The lowest BCUT2D eigenvalue weighted by Gasteiger charge is -2.29. The van der Waals surface area contributed by atoms with Crippen LogP contribution in [0.3, 0.4) is 0 Å². The van der Waals surface area contributed by atoms with E-state index in [0.717, 1.165) is 49.3 Å². The standard InChI is InChI=1S/C17H21NO3/c1-11-2-4-12(5-3-11)16(19)18-9-8-13-10-14(17(20)21)6-7-15(13)18/h6-7,10-12H,2-5,8-9H2,1H3,(H,20,21). The van der Waals surface area contributed by atoms with Crippen LogP contribution in [0.25, 0.3) is 0 Å². The zero-order chi connectivity index (χ0) is 15.0. The monoisotopic (exact) mass is 287 g/mol. The molecule has 0 aromatic heterocycles. The summed E-state index contributed by atoms with van der Waals surface area (Å²) in [6.07, 6.45) is 4.99. The van der Waals surface area contributed by atoms with Crippen LogP contribution in [0.15, 0.2) is 18.2 Å². The largest absolute Gasteiger partial charge is 0.478 e. The zero-order valence-corrected chi connectivity index (χ0v) is 12.3. The SMILES string of the molecule is CC1CCC(C(=O)N2CCc3cc(C(=O)O)ccc32)CC1. The fourth-order valence-electron chi connectivity index (χ4n) is 3.49. The Hall–Kier alpha value is -1.84. The van der Waals surface area contributed by atoms with E-state index in [4.69, 9.17) is 5.11 Å². The molecule has 21 heavy (non-hydrogen) atoms. The van der Waals surface area contributed by atoms with Crippen molar-refractivity contribution in [2.45, 2.75) is 39.0 Å². The molecular formula is C17H21NO3. The number of hydrogen-bond donors (Lipinski definition) is 1. The summed E-state index contributed by atoms with van der Waals surface area (Å²) in [5.74, 6) is 0.192. The number of carboxylic acids is 1. The minimum atomic E-state index is -0.913. The Morgan fingerprint density at radius 1 is 1.19 bits per heavy atom. The van der Waals surface area contributed by atoms with Gasteiger partial charge in [0.05, 0.1) is 5.56 Å². The van der Waals surface area contributed by atoms with Crippen LogP contribution >= 0.6 is 0 Å². The molecule has 0 radical (unpaired) electrons. The van der Waals surface area contributed by atoms with E-state index in [-0.39, 0.29) is 11.8 Å². The second-order valence-electron chi connectivity index (χ2n) is 6.35. The average Bonchev–Trinajstić information content (AvgIpc) is 2.90. The lowest BCUT2D eigenvalue weighted by atomic mass is 9.82. The first-order valence-corrected chi connectivity index (χ1v) is 7.74. The molecule has 3 rings (SSSR count). The highest BCUT2D eigenvalue weighted by Crippen LogP contribution is 2.34. The number of carbonyl (C=O) groups excluding carboxylic acids is 1. The van der Waals surface area contributed by atoms with Crippen LogP contribution in [-0.2, 0) is 11.2 Å². The average molecular weight is 287 g/mol. The molecule has 1 heterocycles. The van der Waals surface area contributed by atoms with Crippen molar-refractivity contribution in [1.29, 1.82) is 0 Å². The molecule has 1 saturated carbocycles. The van der Waals surface area contributed by atoms with Gasteiger partial charge in [-0.05, 0) is 61.8 Å². The first kappa shape index (κ1) is 14.1. The van der Waals surface area contributed by atoms with Crippen molar-refractivity contribution in [1.82, 2.24) is 0 Å². The van der Waals surface area contributed by atoms with Gasteiger partial charge in [0.25, 0.3) is 0 Å². The highest BCUT2D eigenvalue weighted by atomic mass is 16.4. The second-order valence-corrected chi connectivity index (χ2v) is 6.35. The first-order valence-electron chi connectivity index (χ1n) is 7.74. The number of carboxylic acid groups (broad SMARTS) is 1. The molecule has 4 heteroatoms. The van der Waals surface area contributed by atoms with Crippen LogP contribution in [0, 0.1) is 11.8 Å². The number of aromatic carboxylic acids is 1. The molecule has 0 unspecified atom stereocenters. The minimum Gasteiger partial charge on any atom is -0.478 e. The Morgan fingerprint density at radius 2 is 1.90 bits per heavy atom. The number of hydrogen-bond acceptors (Lipinski definition) is 2. The van der Waals surface area contributed by atoms with E-state index in [9.17, 15) is 9.59 Å². The van der Waals surface area contributed by atoms with Gasteiger partial charge in [0.2, 0.25) is 5.91 Å². The van der Waals surface area contributed by atoms with Gasteiger partial charge in [0, 0.05) is 18.2 Å². The number of fused-ring (bicyclic) bond motifs is 1. The number of carbonyl (C=O) groups is 2. The molecule has 1 aliphatic heterocycles. The lowest BCUT2D eigenvalue weighted by molar-refractivity contribution is -0.123. The normalized spacial score (nSPS) is 24.7. The van der Waals surface area contributed by atoms with Crippen LogP contribution in [0.4, 0.5) is 5.69 Å². The summed E-state index contributed by atoms with van der Waals surface area (Å²) in [5.41, 5.74) is 2.19. The molecule has 1 aliphatic carbocycles. The van der Waals surface area contributed by atoms with Crippen LogP contribution in [0.1, 0.15) is 48.5 Å². The van der Waals surface area contributed by atoms with Crippen LogP contribution in [-0.4, -0.2) is 23.5 Å². The Bertz CT molecular complexity index is 573. The maximum absolute atomic E-state index is 12.7. The predicted octanol–water partition coefficient (Wildman–Crippen LogP) is 3.10. The van der Waals surface area contributed by atoms with Gasteiger partial charge in [-0.2, -0.15) is 0 Å². The summed E-state index contributed by atoms with van der Waals surface area (Å²) in [6.45, 7) is 2.93. The number of benzene rings is 1. The molecule has 1 aromatic rings. The van der Waals surface area contributed by atoms with Crippen molar-refractivity contribution in [3.05, 3.63) is 29.3 Å². The maximum Gasteiger partial charge on any atom is 0.335 e. The van der Waals surface area contributed by atoms with E-state index < -0.39 is 5.97 Å². The maximum atomic E-state index is 12.7. The topological polar surface area (TPSA) is 57.6 Å². The van der Waals surface area contributed by atoms with E-state index in [2.05, 4.69) is 6.92 Å². The summed E-state index contributed by atoms with van der Waals surface area (Å²) >= 11 is 0. The van der Waals surface area contributed by atoms with E-state index in [1.807, 2.05) is 4.90 Å². The molecule has 0 atom stereocenters. The van der Waals surface area contributed by atoms with Gasteiger partial charge in [-0.1, -0.05) is 6.92 Å². The van der Waals surface area contributed by atoms with Crippen molar-refractivity contribution in [3.8, 4) is 0 Å². The predicted molar refractivity (Wildman–Crippen MR) is 80.6 cm³/mol. The van der Waals surface area contributed by atoms with Crippen molar-refractivity contribution >= 4 is 17.6 Å². The molecule has 0 spiro atoms. The third-order valence-electron chi connectivity index (χ3n) is 4.85. The Balaban J connectivity index is 1.78. The van der Waals surface area contributed by atoms with Gasteiger partial charge in [-0.25, -0.2) is 4.79 Å². The third kappa shape index (κ3) is 2.67. The summed E-state index contributed by atoms with van der Waals surface area (Å²) < 4.78 is 0. The molecule has 4 nitrogen and oxygen atoms in total. The Kier molecular flexibility index (Phi) is 3.70. The van der Waals surface area contributed by atoms with Gasteiger partial charge in [0.15, 0.2) is 0 Å².